The zero-order chi connectivity index (χ0) is 18.4. The fraction of sp³-hybridized carbons (Fsp3) is 0.824. The molecule has 1 saturated heterocycles. The molecule has 1 fully saturated rings. The topological polar surface area (TPSA) is 82.5 Å². The number of nitrogens with zero attached hydrogens (tertiary/aromatic N) is 2. The number of nitrogens with one attached hydrogen (secondary N) is 1. The number of rotatable bonds is 9. The van der Waals surface area contributed by atoms with E-state index in [1.807, 2.05) is 0 Å². The summed E-state index contributed by atoms with van der Waals surface area (Å²) >= 11 is 0. The molecule has 0 saturated carbocycles. The summed E-state index contributed by atoms with van der Waals surface area (Å²) in [6, 6.07) is 0. The van der Waals surface area contributed by atoms with Gasteiger partial charge in [-0.05, 0) is 45.4 Å². The highest BCUT2D eigenvalue weighted by Gasteiger charge is 2.24. The predicted molar refractivity (Wildman–Crippen MR) is 95.9 cm³/mol. The standard InChI is InChI=1S/C17H31N3O4S/c1-13(2)12-20-15(4)17(14(3)19-20)25(21,22)18-9-7-11-24-16-8-5-6-10-23-16/h13,16,18H,5-12H2,1-4H3. The van der Waals surface area contributed by atoms with Crippen LogP contribution in [0.1, 0.15) is 50.9 Å². The SMILES string of the molecule is Cc1nn(CC(C)C)c(C)c1S(=O)(=O)NCCCOC1CCCCO1. The maximum absolute atomic E-state index is 12.6. The Morgan fingerprint density at radius 1 is 1.36 bits per heavy atom. The van der Waals surface area contributed by atoms with Gasteiger partial charge >= 0.3 is 0 Å². The van der Waals surface area contributed by atoms with E-state index in [1.165, 1.54) is 0 Å². The fourth-order valence-electron chi connectivity index (χ4n) is 3.00. The largest absolute Gasteiger partial charge is 0.353 e. The van der Waals surface area contributed by atoms with Crippen LogP contribution in [-0.2, 0) is 26.0 Å². The summed E-state index contributed by atoms with van der Waals surface area (Å²) in [5.41, 5.74) is 1.23. The maximum Gasteiger partial charge on any atom is 0.244 e. The van der Waals surface area contributed by atoms with E-state index in [0.717, 1.165) is 25.9 Å². The minimum Gasteiger partial charge on any atom is -0.353 e. The Morgan fingerprint density at radius 2 is 2.12 bits per heavy atom. The molecule has 0 spiro atoms. The minimum absolute atomic E-state index is 0.135. The lowest BCUT2D eigenvalue weighted by Crippen LogP contribution is -2.28. The van der Waals surface area contributed by atoms with Gasteiger partial charge < -0.3 is 9.47 Å². The van der Waals surface area contributed by atoms with Crippen molar-refractivity contribution in [2.24, 2.45) is 5.92 Å². The zero-order valence-corrected chi connectivity index (χ0v) is 16.6. The van der Waals surface area contributed by atoms with Gasteiger partial charge in [0.1, 0.15) is 4.90 Å². The Kier molecular flexibility index (Phi) is 7.42. The monoisotopic (exact) mass is 373 g/mol. The van der Waals surface area contributed by atoms with Crippen LogP contribution in [0.15, 0.2) is 4.90 Å². The van der Waals surface area contributed by atoms with Crippen molar-refractivity contribution < 1.29 is 17.9 Å². The average Bonchev–Trinajstić information content (AvgIpc) is 2.81. The molecular weight excluding hydrogens is 342 g/mol. The molecule has 0 amide bonds. The van der Waals surface area contributed by atoms with Crippen molar-refractivity contribution in [3.8, 4) is 0 Å². The molecule has 1 N–H and O–H groups in total. The highest BCUT2D eigenvalue weighted by Crippen LogP contribution is 2.20. The van der Waals surface area contributed by atoms with E-state index in [9.17, 15) is 8.42 Å². The van der Waals surface area contributed by atoms with Gasteiger partial charge in [0, 0.05) is 19.7 Å². The van der Waals surface area contributed by atoms with Gasteiger partial charge in [0.25, 0.3) is 0 Å². The highest BCUT2D eigenvalue weighted by atomic mass is 32.2. The van der Waals surface area contributed by atoms with Crippen LogP contribution < -0.4 is 4.72 Å². The van der Waals surface area contributed by atoms with E-state index in [2.05, 4.69) is 23.7 Å². The first kappa shape index (κ1) is 20.4. The molecular formula is C17H31N3O4S. The molecule has 0 radical (unpaired) electrons. The summed E-state index contributed by atoms with van der Waals surface area (Å²) in [5.74, 6) is 0.403. The Balaban J connectivity index is 1.85. The van der Waals surface area contributed by atoms with Gasteiger partial charge in [0.2, 0.25) is 10.0 Å². The first-order chi connectivity index (χ1) is 11.8. The maximum atomic E-state index is 12.6. The second-order valence-electron chi connectivity index (χ2n) is 6.99. The van der Waals surface area contributed by atoms with Crippen LogP contribution in [0.3, 0.4) is 0 Å². The number of sulfonamides is 1. The summed E-state index contributed by atoms with van der Waals surface area (Å²) in [4.78, 5) is 0.296. The van der Waals surface area contributed by atoms with Crippen LogP contribution in [0, 0.1) is 19.8 Å². The van der Waals surface area contributed by atoms with Crippen molar-refractivity contribution in [3.63, 3.8) is 0 Å². The molecule has 1 aliphatic heterocycles. The van der Waals surface area contributed by atoms with Gasteiger partial charge in [-0.3, -0.25) is 4.68 Å². The molecule has 8 heteroatoms. The summed E-state index contributed by atoms with van der Waals surface area (Å²) < 4.78 is 40.8. The number of hydrogen-bond donors (Lipinski definition) is 1. The van der Waals surface area contributed by atoms with E-state index < -0.39 is 10.0 Å². The van der Waals surface area contributed by atoms with E-state index in [-0.39, 0.29) is 6.29 Å². The Labute approximate surface area is 151 Å². The lowest BCUT2D eigenvalue weighted by Gasteiger charge is -2.22. The quantitative estimate of drug-likeness (QED) is 0.672. The van der Waals surface area contributed by atoms with Crippen LogP contribution in [0.5, 0.6) is 0 Å². The molecule has 0 aliphatic carbocycles. The van der Waals surface area contributed by atoms with E-state index in [1.54, 1.807) is 18.5 Å². The molecule has 1 aliphatic rings. The first-order valence-corrected chi connectivity index (χ1v) is 10.6. The van der Waals surface area contributed by atoms with E-state index in [0.29, 0.717) is 48.3 Å². The van der Waals surface area contributed by atoms with E-state index in [4.69, 9.17) is 9.47 Å². The van der Waals surface area contributed by atoms with Crippen molar-refractivity contribution in [2.75, 3.05) is 19.8 Å². The summed E-state index contributed by atoms with van der Waals surface area (Å²) in [5, 5.41) is 4.38. The van der Waals surface area contributed by atoms with Crippen molar-refractivity contribution >= 4 is 10.0 Å². The van der Waals surface area contributed by atoms with Crippen LogP contribution in [-0.4, -0.2) is 44.2 Å². The van der Waals surface area contributed by atoms with Crippen molar-refractivity contribution in [3.05, 3.63) is 11.4 Å². The molecule has 144 valence electrons. The minimum atomic E-state index is -3.56. The van der Waals surface area contributed by atoms with Gasteiger partial charge in [-0.15, -0.1) is 0 Å². The Hall–Kier alpha value is -0.960. The smallest absolute Gasteiger partial charge is 0.244 e. The summed E-state index contributed by atoms with van der Waals surface area (Å²) in [7, 11) is -3.56. The molecule has 1 aromatic heterocycles. The average molecular weight is 374 g/mol. The molecule has 1 atom stereocenters. The number of aryl methyl sites for hydroxylation is 1. The number of aromatic nitrogens is 2. The van der Waals surface area contributed by atoms with Crippen LogP contribution >= 0.6 is 0 Å². The Bertz CT molecular complexity index is 649. The zero-order valence-electron chi connectivity index (χ0n) is 15.7. The number of hydrogen-bond acceptors (Lipinski definition) is 5. The number of ether oxygens (including phenoxy) is 2. The molecule has 1 aromatic rings. The fourth-order valence-corrected chi connectivity index (χ4v) is 4.48. The molecule has 0 bridgehead atoms. The molecule has 7 nitrogen and oxygen atoms in total. The van der Waals surface area contributed by atoms with Crippen molar-refractivity contribution in [2.45, 2.75) is 71.1 Å². The lowest BCUT2D eigenvalue weighted by atomic mass is 10.2. The second kappa shape index (κ2) is 9.12. The Morgan fingerprint density at radius 3 is 2.76 bits per heavy atom. The summed E-state index contributed by atoms with van der Waals surface area (Å²) in [6.07, 6.45) is 3.60. The van der Waals surface area contributed by atoms with Gasteiger partial charge in [-0.25, -0.2) is 13.1 Å². The molecule has 0 aromatic carbocycles. The van der Waals surface area contributed by atoms with Gasteiger partial charge in [0.05, 0.1) is 18.0 Å². The normalized spacial score (nSPS) is 18.8. The van der Waals surface area contributed by atoms with E-state index >= 15 is 0 Å². The van der Waals surface area contributed by atoms with Gasteiger partial charge in [-0.1, -0.05) is 13.8 Å². The third-order valence-electron chi connectivity index (χ3n) is 4.18. The third-order valence-corrected chi connectivity index (χ3v) is 5.89. The van der Waals surface area contributed by atoms with Gasteiger partial charge in [0.15, 0.2) is 6.29 Å². The van der Waals surface area contributed by atoms with Crippen molar-refractivity contribution in [1.82, 2.24) is 14.5 Å². The van der Waals surface area contributed by atoms with Crippen LogP contribution in [0.2, 0.25) is 0 Å². The first-order valence-electron chi connectivity index (χ1n) is 9.08. The molecule has 25 heavy (non-hydrogen) atoms. The van der Waals surface area contributed by atoms with Gasteiger partial charge in [-0.2, -0.15) is 5.10 Å². The highest BCUT2D eigenvalue weighted by molar-refractivity contribution is 7.89. The van der Waals surface area contributed by atoms with Crippen LogP contribution in [0.4, 0.5) is 0 Å². The van der Waals surface area contributed by atoms with Crippen LogP contribution in [0.25, 0.3) is 0 Å². The molecule has 2 heterocycles. The molecule has 1 unspecified atom stereocenters. The summed E-state index contributed by atoms with van der Waals surface area (Å²) in [6.45, 7) is 9.98. The second-order valence-corrected chi connectivity index (χ2v) is 8.70. The van der Waals surface area contributed by atoms with Crippen molar-refractivity contribution in [1.29, 1.82) is 0 Å². The third kappa shape index (κ3) is 5.77. The molecule has 2 rings (SSSR count). The predicted octanol–water partition coefficient (Wildman–Crippen LogP) is 2.37. The lowest BCUT2D eigenvalue weighted by molar-refractivity contribution is -0.162.